The van der Waals surface area contributed by atoms with Gasteiger partial charge in [0.05, 0.1) is 30.6 Å². The van der Waals surface area contributed by atoms with E-state index in [0.717, 1.165) is 30.0 Å². The van der Waals surface area contributed by atoms with E-state index in [1.807, 2.05) is 25.1 Å². The van der Waals surface area contributed by atoms with Crippen LogP contribution in [0.2, 0.25) is 5.02 Å². The molecule has 1 saturated heterocycles. The first-order chi connectivity index (χ1) is 13.5. The van der Waals surface area contributed by atoms with Gasteiger partial charge < -0.3 is 20.3 Å². The number of benzene rings is 2. The van der Waals surface area contributed by atoms with Crippen LogP contribution in [0.4, 0.5) is 17.1 Å². The van der Waals surface area contributed by atoms with Gasteiger partial charge in [-0.2, -0.15) is 0 Å². The standard InChI is InChI=1S/C21H24ClN3O3/c1-14-5-6-15(21(27)28-2)11-17(14)24-20(26)13-23-18-12-16(22)7-8-19(18)25-9-3-4-10-25/h5-8,11-12,23H,3-4,9-10,13H2,1-2H3,(H,24,26). The predicted octanol–water partition coefficient (Wildman–Crippen LogP) is 4.09. The third kappa shape index (κ3) is 4.75. The lowest BCUT2D eigenvalue weighted by Crippen LogP contribution is -2.24. The minimum absolute atomic E-state index is 0.0864. The molecule has 2 N–H and O–H groups in total. The molecule has 1 amide bonds. The molecular weight excluding hydrogens is 378 g/mol. The molecule has 0 radical (unpaired) electrons. The Kier molecular flexibility index (Phi) is 6.41. The van der Waals surface area contributed by atoms with Crippen molar-refractivity contribution in [2.45, 2.75) is 19.8 Å². The van der Waals surface area contributed by atoms with Gasteiger partial charge in [0, 0.05) is 23.8 Å². The van der Waals surface area contributed by atoms with E-state index >= 15 is 0 Å². The minimum Gasteiger partial charge on any atom is -0.465 e. The van der Waals surface area contributed by atoms with E-state index in [9.17, 15) is 9.59 Å². The van der Waals surface area contributed by atoms with E-state index in [1.54, 1.807) is 18.2 Å². The molecule has 0 aromatic heterocycles. The van der Waals surface area contributed by atoms with Crippen molar-refractivity contribution < 1.29 is 14.3 Å². The first kappa shape index (κ1) is 20.0. The largest absolute Gasteiger partial charge is 0.465 e. The van der Waals surface area contributed by atoms with Crippen LogP contribution in [-0.4, -0.2) is 38.6 Å². The number of anilines is 3. The highest BCUT2D eigenvalue weighted by atomic mass is 35.5. The Bertz CT molecular complexity index is 879. The van der Waals surface area contributed by atoms with Gasteiger partial charge in [-0.05, 0) is 55.7 Å². The van der Waals surface area contributed by atoms with Gasteiger partial charge in [0.1, 0.15) is 0 Å². The summed E-state index contributed by atoms with van der Waals surface area (Å²) in [6.45, 7) is 3.96. The van der Waals surface area contributed by atoms with E-state index in [-0.39, 0.29) is 12.5 Å². The summed E-state index contributed by atoms with van der Waals surface area (Å²) in [5.74, 6) is -0.653. The fourth-order valence-corrected chi connectivity index (χ4v) is 3.43. The van der Waals surface area contributed by atoms with Crippen molar-refractivity contribution in [1.29, 1.82) is 0 Å². The fourth-order valence-electron chi connectivity index (χ4n) is 3.26. The van der Waals surface area contributed by atoms with Crippen LogP contribution in [0.1, 0.15) is 28.8 Å². The second-order valence-corrected chi connectivity index (χ2v) is 7.22. The van der Waals surface area contributed by atoms with Crippen LogP contribution < -0.4 is 15.5 Å². The topological polar surface area (TPSA) is 70.7 Å². The van der Waals surface area contributed by atoms with E-state index in [2.05, 4.69) is 15.5 Å². The molecule has 2 aromatic rings. The highest BCUT2D eigenvalue weighted by Gasteiger charge is 2.17. The van der Waals surface area contributed by atoms with Crippen molar-refractivity contribution >= 4 is 40.5 Å². The molecule has 0 atom stereocenters. The number of halogens is 1. The van der Waals surface area contributed by atoms with Crippen molar-refractivity contribution in [3.8, 4) is 0 Å². The molecule has 148 valence electrons. The maximum Gasteiger partial charge on any atom is 0.337 e. The molecule has 7 heteroatoms. The Morgan fingerprint density at radius 3 is 2.57 bits per heavy atom. The summed E-state index contributed by atoms with van der Waals surface area (Å²) in [5.41, 5.74) is 3.73. The summed E-state index contributed by atoms with van der Waals surface area (Å²) in [4.78, 5) is 26.5. The Morgan fingerprint density at radius 1 is 1.11 bits per heavy atom. The summed E-state index contributed by atoms with van der Waals surface area (Å²) >= 11 is 6.15. The van der Waals surface area contributed by atoms with E-state index < -0.39 is 5.97 Å². The third-order valence-electron chi connectivity index (χ3n) is 4.78. The first-order valence-corrected chi connectivity index (χ1v) is 9.63. The average Bonchev–Trinajstić information content (AvgIpc) is 3.22. The van der Waals surface area contributed by atoms with Crippen LogP contribution in [0, 0.1) is 6.92 Å². The van der Waals surface area contributed by atoms with Crippen molar-refractivity contribution in [3.05, 3.63) is 52.5 Å². The lowest BCUT2D eigenvalue weighted by Gasteiger charge is -2.22. The van der Waals surface area contributed by atoms with Crippen LogP contribution >= 0.6 is 11.6 Å². The monoisotopic (exact) mass is 401 g/mol. The van der Waals surface area contributed by atoms with Gasteiger partial charge in [-0.1, -0.05) is 17.7 Å². The van der Waals surface area contributed by atoms with Crippen molar-refractivity contribution in [2.24, 2.45) is 0 Å². The number of amides is 1. The lowest BCUT2D eigenvalue weighted by atomic mass is 10.1. The summed E-state index contributed by atoms with van der Waals surface area (Å²) in [7, 11) is 1.33. The van der Waals surface area contributed by atoms with Gasteiger partial charge in [0.25, 0.3) is 0 Å². The lowest BCUT2D eigenvalue weighted by molar-refractivity contribution is -0.114. The van der Waals surface area contributed by atoms with Gasteiger partial charge in [0.15, 0.2) is 0 Å². The Labute approximate surface area is 169 Å². The number of hydrogen-bond donors (Lipinski definition) is 2. The van der Waals surface area contributed by atoms with Gasteiger partial charge in [-0.3, -0.25) is 4.79 Å². The van der Waals surface area contributed by atoms with Crippen LogP contribution in [0.15, 0.2) is 36.4 Å². The maximum atomic E-state index is 12.5. The van der Waals surface area contributed by atoms with E-state index in [0.29, 0.717) is 16.3 Å². The molecule has 0 unspecified atom stereocenters. The second kappa shape index (κ2) is 8.97. The van der Waals surface area contributed by atoms with Crippen molar-refractivity contribution in [2.75, 3.05) is 42.3 Å². The summed E-state index contributed by atoms with van der Waals surface area (Å²) < 4.78 is 4.73. The van der Waals surface area contributed by atoms with Gasteiger partial charge in [0.2, 0.25) is 5.91 Å². The van der Waals surface area contributed by atoms with Gasteiger partial charge in [-0.25, -0.2) is 4.79 Å². The highest BCUT2D eigenvalue weighted by Crippen LogP contribution is 2.31. The summed E-state index contributed by atoms with van der Waals surface area (Å²) in [6.07, 6.45) is 2.33. The normalized spacial score (nSPS) is 13.3. The minimum atomic E-state index is -0.442. The molecule has 0 aliphatic carbocycles. The number of nitrogens with one attached hydrogen (secondary N) is 2. The molecule has 6 nitrogen and oxygen atoms in total. The number of nitrogens with zero attached hydrogens (tertiary/aromatic N) is 1. The van der Waals surface area contributed by atoms with Crippen molar-refractivity contribution in [1.82, 2.24) is 0 Å². The van der Waals surface area contributed by atoms with Crippen LogP contribution in [0.25, 0.3) is 0 Å². The number of hydrogen-bond acceptors (Lipinski definition) is 5. The number of ether oxygens (including phenoxy) is 1. The fraction of sp³-hybridized carbons (Fsp3) is 0.333. The molecule has 28 heavy (non-hydrogen) atoms. The third-order valence-corrected chi connectivity index (χ3v) is 5.01. The van der Waals surface area contributed by atoms with Gasteiger partial charge in [-0.15, -0.1) is 0 Å². The van der Waals surface area contributed by atoms with E-state index in [4.69, 9.17) is 16.3 Å². The van der Waals surface area contributed by atoms with Crippen LogP contribution in [-0.2, 0) is 9.53 Å². The molecule has 0 saturated carbocycles. The molecule has 2 aromatic carbocycles. The van der Waals surface area contributed by atoms with Crippen LogP contribution in [0.5, 0.6) is 0 Å². The Hall–Kier alpha value is -2.73. The highest BCUT2D eigenvalue weighted by molar-refractivity contribution is 6.31. The predicted molar refractivity (Wildman–Crippen MR) is 113 cm³/mol. The first-order valence-electron chi connectivity index (χ1n) is 9.25. The van der Waals surface area contributed by atoms with Crippen molar-refractivity contribution in [3.63, 3.8) is 0 Å². The van der Waals surface area contributed by atoms with Crippen LogP contribution in [0.3, 0.4) is 0 Å². The molecule has 0 bridgehead atoms. The second-order valence-electron chi connectivity index (χ2n) is 6.78. The maximum absolute atomic E-state index is 12.5. The Balaban J connectivity index is 1.68. The SMILES string of the molecule is COC(=O)c1ccc(C)c(NC(=O)CNc2cc(Cl)ccc2N2CCCC2)c1. The number of rotatable bonds is 6. The smallest absolute Gasteiger partial charge is 0.337 e. The summed E-state index contributed by atoms with van der Waals surface area (Å²) in [6, 6.07) is 10.8. The average molecular weight is 402 g/mol. The molecular formula is C21H24ClN3O3. The molecule has 1 heterocycles. The van der Waals surface area contributed by atoms with E-state index in [1.165, 1.54) is 20.0 Å². The zero-order valence-electron chi connectivity index (χ0n) is 16.0. The Morgan fingerprint density at radius 2 is 1.86 bits per heavy atom. The molecule has 1 fully saturated rings. The zero-order valence-corrected chi connectivity index (χ0v) is 16.8. The number of carbonyl (C=O) groups is 2. The molecule has 0 spiro atoms. The van der Waals surface area contributed by atoms with Gasteiger partial charge >= 0.3 is 5.97 Å². The molecule has 1 aliphatic heterocycles. The number of carbonyl (C=O) groups excluding carboxylic acids is 2. The number of methoxy groups -OCH3 is 1. The summed E-state index contributed by atoms with van der Waals surface area (Å²) in [5, 5.41) is 6.65. The molecule has 1 aliphatic rings. The number of esters is 1. The quantitative estimate of drug-likeness (QED) is 0.713. The zero-order chi connectivity index (χ0) is 20.1. The molecule has 3 rings (SSSR count). The number of aryl methyl sites for hydroxylation is 1.